The van der Waals surface area contributed by atoms with Crippen LogP contribution in [0.15, 0.2) is 36.4 Å². The molecular weight excluding hydrogens is 350 g/mol. The van der Waals surface area contributed by atoms with Crippen LogP contribution in [0.4, 0.5) is 5.82 Å². The molecule has 1 saturated heterocycles. The summed E-state index contributed by atoms with van der Waals surface area (Å²) in [7, 11) is -3.09. The summed E-state index contributed by atoms with van der Waals surface area (Å²) in [6.45, 7) is 6.74. The summed E-state index contributed by atoms with van der Waals surface area (Å²) in [5.41, 5.74) is 1.80. The monoisotopic (exact) mass is 375 g/mol. The fourth-order valence-electron chi connectivity index (χ4n) is 2.99. The molecule has 26 heavy (non-hydrogen) atoms. The third-order valence-electron chi connectivity index (χ3n) is 4.58. The number of amides is 1. The van der Waals surface area contributed by atoms with Crippen LogP contribution < -0.4 is 5.32 Å². The number of sulfone groups is 1. The number of hydrogen-bond donors (Lipinski definition) is 1. The van der Waals surface area contributed by atoms with E-state index in [0.717, 1.165) is 11.3 Å². The van der Waals surface area contributed by atoms with E-state index in [9.17, 15) is 13.2 Å². The highest BCUT2D eigenvalue weighted by Gasteiger charge is 2.33. The lowest BCUT2D eigenvalue weighted by atomic mass is 9.92. The van der Waals surface area contributed by atoms with E-state index in [1.54, 1.807) is 4.68 Å². The van der Waals surface area contributed by atoms with E-state index in [2.05, 4.69) is 31.2 Å². The molecule has 1 aliphatic heterocycles. The predicted molar refractivity (Wildman–Crippen MR) is 102 cm³/mol. The highest BCUT2D eigenvalue weighted by molar-refractivity contribution is 7.91. The number of carbonyl (C=O) groups is 1. The number of anilines is 1. The topological polar surface area (TPSA) is 81.1 Å². The fourth-order valence-corrected chi connectivity index (χ4v) is 4.73. The second-order valence-corrected chi connectivity index (χ2v) is 10.1. The van der Waals surface area contributed by atoms with Crippen LogP contribution >= 0.6 is 0 Å². The fraction of sp³-hybridized carbons (Fsp3) is 0.474. The molecule has 1 amide bonds. The number of carbonyl (C=O) groups excluding carboxylic acids is 1. The zero-order valence-corrected chi connectivity index (χ0v) is 16.2. The molecule has 0 spiro atoms. The van der Waals surface area contributed by atoms with Crippen molar-refractivity contribution in [3.05, 3.63) is 47.7 Å². The molecule has 1 fully saturated rings. The largest absolute Gasteiger partial charge is 0.311 e. The van der Waals surface area contributed by atoms with E-state index >= 15 is 0 Å². The summed E-state index contributed by atoms with van der Waals surface area (Å²) >= 11 is 0. The van der Waals surface area contributed by atoms with Crippen LogP contribution in [0.2, 0.25) is 0 Å². The van der Waals surface area contributed by atoms with Gasteiger partial charge in [0.15, 0.2) is 9.84 Å². The van der Waals surface area contributed by atoms with Gasteiger partial charge in [0.25, 0.3) is 0 Å². The molecule has 1 aliphatic rings. The highest BCUT2D eigenvalue weighted by atomic mass is 32.2. The summed E-state index contributed by atoms with van der Waals surface area (Å²) in [4.78, 5) is 12.5. The van der Waals surface area contributed by atoms with Gasteiger partial charge in [0.05, 0.1) is 29.7 Å². The lowest BCUT2D eigenvalue weighted by Gasteiger charge is -2.14. The third-order valence-corrected chi connectivity index (χ3v) is 6.35. The van der Waals surface area contributed by atoms with Gasteiger partial charge in [-0.15, -0.1) is 0 Å². The van der Waals surface area contributed by atoms with Crippen LogP contribution in [-0.2, 0) is 26.6 Å². The summed E-state index contributed by atoms with van der Waals surface area (Å²) in [6, 6.07) is 11.8. The lowest BCUT2D eigenvalue weighted by molar-refractivity contribution is -0.119. The Morgan fingerprint density at radius 3 is 2.54 bits per heavy atom. The number of aromatic nitrogens is 2. The SMILES string of the molecule is CC(C)(C)c1cc(NC(=O)C2CCS(=O)(=O)C2)n(Cc2ccccc2)n1. The van der Waals surface area contributed by atoms with Gasteiger partial charge >= 0.3 is 0 Å². The summed E-state index contributed by atoms with van der Waals surface area (Å²) in [5, 5.41) is 7.57. The van der Waals surface area contributed by atoms with E-state index in [4.69, 9.17) is 0 Å². The molecule has 1 aromatic carbocycles. The maximum Gasteiger partial charge on any atom is 0.229 e. The minimum Gasteiger partial charge on any atom is -0.311 e. The molecule has 0 bridgehead atoms. The van der Waals surface area contributed by atoms with Crippen LogP contribution in [-0.4, -0.2) is 35.6 Å². The first kappa shape index (κ1) is 18.6. The molecule has 1 aromatic heterocycles. The molecule has 1 unspecified atom stereocenters. The van der Waals surface area contributed by atoms with Crippen molar-refractivity contribution in [3.63, 3.8) is 0 Å². The van der Waals surface area contributed by atoms with E-state index in [1.165, 1.54) is 0 Å². The van der Waals surface area contributed by atoms with Crippen molar-refractivity contribution in [1.82, 2.24) is 9.78 Å². The Labute approximate surface area is 154 Å². The quantitative estimate of drug-likeness (QED) is 0.891. The van der Waals surface area contributed by atoms with Crippen molar-refractivity contribution in [1.29, 1.82) is 0 Å². The van der Waals surface area contributed by atoms with Crippen molar-refractivity contribution in [3.8, 4) is 0 Å². The maximum absolute atomic E-state index is 12.5. The number of benzene rings is 1. The average molecular weight is 375 g/mol. The van der Waals surface area contributed by atoms with Gasteiger partial charge in [0.2, 0.25) is 5.91 Å². The van der Waals surface area contributed by atoms with Gasteiger partial charge in [-0.05, 0) is 12.0 Å². The molecule has 2 aromatic rings. The second kappa shape index (κ2) is 6.87. The maximum atomic E-state index is 12.5. The summed E-state index contributed by atoms with van der Waals surface area (Å²) < 4.78 is 25.1. The first-order valence-corrected chi connectivity index (χ1v) is 10.6. The molecule has 0 aliphatic carbocycles. The molecule has 0 radical (unpaired) electrons. The van der Waals surface area contributed by atoms with Crippen molar-refractivity contribution in [2.75, 3.05) is 16.8 Å². The Morgan fingerprint density at radius 1 is 1.27 bits per heavy atom. The van der Waals surface area contributed by atoms with E-state index < -0.39 is 15.8 Å². The van der Waals surface area contributed by atoms with Crippen LogP contribution in [0.5, 0.6) is 0 Å². The lowest BCUT2D eigenvalue weighted by Crippen LogP contribution is -2.25. The minimum absolute atomic E-state index is 0.0716. The number of nitrogens with zero attached hydrogens (tertiary/aromatic N) is 2. The van der Waals surface area contributed by atoms with Crippen LogP contribution in [0.3, 0.4) is 0 Å². The molecule has 140 valence electrons. The van der Waals surface area contributed by atoms with Crippen molar-refractivity contribution in [2.45, 2.75) is 39.2 Å². The molecule has 6 nitrogen and oxygen atoms in total. The van der Waals surface area contributed by atoms with Gasteiger partial charge in [-0.1, -0.05) is 51.1 Å². The minimum atomic E-state index is -3.09. The summed E-state index contributed by atoms with van der Waals surface area (Å²) in [5.74, 6) is -0.119. The molecule has 7 heteroatoms. The van der Waals surface area contributed by atoms with Gasteiger partial charge in [0, 0.05) is 11.5 Å². The first-order valence-electron chi connectivity index (χ1n) is 8.78. The van der Waals surface area contributed by atoms with Crippen molar-refractivity contribution >= 4 is 21.6 Å². The van der Waals surface area contributed by atoms with Crippen molar-refractivity contribution in [2.24, 2.45) is 5.92 Å². The Morgan fingerprint density at radius 2 is 1.96 bits per heavy atom. The smallest absolute Gasteiger partial charge is 0.229 e. The number of hydrogen-bond acceptors (Lipinski definition) is 4. The molecule has 0 saturated carbocycles. The zero-order valence-electron chi connectivity index (χ0n) is 15.4. The molecule has 1 atom stereocenters. The van der Waals surface area contributed by atoms with Crippen LogP contribution in [0, 0.1) is 5.92 Å². The Bertz CT molecular complexity index is 896. The van der Waals surface area contributed by atoms with E-state index in [1.807, 2.05) is 36.4 Å². The number of nitrogens with one attached hydrogen (secondary N) is 1. The molecular formula is C19H25N3O3S. The number of rotatable bonds is 4. The van der Waals surface area contributed by atoms with Gasteiger partial charge in [-0.3, -0.25) is 4.79 Å². The standard InChI is InChI=1S/C19H25N3O3S/c1-19(2,3)16-11-17(20-18(23)15-9-10-26(24,25)13-15)22(21-16)12-14-7-5-4-6-8-14/h4-8,11,15H,9-10,12-13H2,1-3H3,(H,20,23). The van der Waals surface area contributed by atoms with Crippen LogP contribution in [0.1, 0.15) is 38.4 Å². The highest BCUT2D eigenvalue weighted by Crippen LogP contribution is 2.26. The van der Waals surface area contributed by atoms with E-state index in [0.29, 0.717) is 18.8 Å². The van der Waals surface area contributed by atoms with Crippen molar-refractivity contribution < 1.29 is 13.2 Å². The second-order valence-electron chi connectivity index (χ2n) is 7.90. The molecule has 2 heterocycles. The Kier molecular flexibility index (Phi) is 4.92. The summed E-state index contributed by atoms with van der Waals surface area (Å²) in [6.07, 6.45) is 0.382. The van der Waals surface area contributed by atoms with Gasteiger partial charge < -0.3 is 5.32 Å². The van der Waals surface area contributed by atoms with Gasteiger partial charge in [-0.2, -0.15) is 5.10 Å². The normalized spacial score (nSPS) is 19.4. The first-order chi connectivity index (χ1) is 12.1. The Balaban J connectivity index is 1.85. The third kappa shape index (κ3) is 4.33. The average Bonchev–Trinajstić information content (AvgIpc) is 3.12. The van der Waals surface area contributed by atoms with Gasteiger partial charge in [-0.25, -0.2) is 13.1 Å². The molecule has 3 rings (SSSR count). The van der Waals surface area contributed by atoms with Crippen LogP contribution in [0.25, 0.3) is 0 Å². The Hall–Kier alpha value is -2.15. The van der Waals surface area contributed by atoms with E-state index in [-0.39, 0.29) is 22.8 Å². The zero-order chi connectivity index (χ0) is 18.9. The molecule has 1 N–H and O–H groups in total. The predicted octanol–water partition coefficient (Wildman–Crippen LogP) is 2.60. The van der Waals surface area contributed by atoms with Gasteiger partial charge in [0.1, 0.15) is 5.82 Å².